The molecule has 2 aromatic carbocycles. The van der Waals surface area contributed by atoms with Crippen LogP contribution in [0.25, 0.3) is 0 Å². The van der Waals surface area contributed by atoms with Crippen molar-refractivity contribution in [1.29, 1.82) is 0 Å². The van der Waals surface area contributed by atoms with Crippen molar-refractivity contribution in [3.8, 4) is 0 Å². The van der Waals surface area contributed by atoms with Gasteiger partial charge in [0, 0.05) is 23.8 Å². The summed E-state index contributed by atoms with van der Waals surface area (Å²) >= 11 is 5.98. The molecule has 5 heteroatoms. The first kappa shape index (κ1) is 13.6. The van der Waals surface area contributed by atoms with E-state index in [4.69, 9.17) is 11.6 Å². The summed E-state index contributed by atoms with van der Waals surface area (Å²) in [6, 6.07) is 17.7. The first-order valence-electron chi connectivity index (χ1n) is 7.43. The first-order valence-corrected chi connectivity index (χ1v) is 7.81. The van der Waals surface area contributed by atoms with Gasteiger partial charge in [0.1, 0.15) is 6.17 Å². The smallest absolute Gasteiger partial charge is 0.271 e. The molecule has 0 aromatic heterocycles. The van der Waals surface area contributed by atoms with Gasteiger partial charge in [0.25, 0.3) is 0 Å². The summed E-state index contributed by atoms with van der Waals surface area (Å²) in [5.74, 6) is 0. The zero-order chi connectivity index (χ0) is 15.1. The van der Waals surface area contributed by atoms with Crippen LogP contribution in [-0.2, 0) is 0 Å². The molecule has 2 aromatic rings. The second kappa shape index (κ2) is 5.30. The number of fused-ring (bicyclic) bond motifs is 1. The van der Waals surface area contributed by atoms with E-state index < -0.39 is 0 Å². The third-order valence-corrected chi connectivity index (χ3v) is 4.48. The van der Waals surface area contributed by atoms with E-state index in [2.05, 4.69) is 17.1 Å². The van der Waals surface area contributed by atoms with Crippen LogP contribution in [0.15, 0.2) is 54.6 Å². The second-order valence-corrected chi connectivity index (χ2v) is 5.99. The van der Waals surface area contributed by atoms with Crippen molar-refractivity contribution in [3.05, 3.63) is 65.2 Å². The van der Waals surface area contributed by atoms with Crippen LogP contribution in [0.4, 0.5) is 10.5 Å². The molecule has 1 atom stereocenters. The summed E-state index contributed by atoms with van der Waals surface area (Å²) in [5, 5.41) is 4.69. The number of nitrogens with zero attached hydrogens (tertiary/aromatic N) is 3. The molecule has 4 rings (SSSR count). The Bertz CT molecular complexity index is 689. The number of anilines is 1. The van der Waals surface area contributed by atoms with E-state index in [0.717, 1.165) is 30.8 Å². The zero-order valence-corrected chi connectivity index (χ0v) is 12.8. The topological polar surface area (TPSA) is 26.8 Å². The quantitative estimate of drug-likeness (QED) is 0.840. The van der Waals surface area contributed by atoms with Gasteiger partial charge in [-0.15, -0.1) is 0 Å². The highest BCUT2D eigenvalue weighted by Crippen LogP contribution is 2.40. The van der Waals surface area contributed by atoms with E-state index in [1.54, 1.807) is 0 Å². The molecule has 0 bridgehead atoms. The molecular formula is C17H16ClN3O. The monoisotopic (exact) mass is 313 g/mol. The van der Waals surface area contributed by atoms with Crippen LogP contribution in [0.1, 0.15) is 18.2 Å². The summed E-state index contributed by atoms with van der Waals surface area (Å²) < 4.78 is 0. The Kier molecular flexibility index (Phi) is 3.28. The van der Waals surface area contributed by atoms with Gasteiger partial charge in [-0.3, -0.25) is 9.91 Å². The molecule has 112 valence electrons. The van der Waals surface area contributed by atoms with Gasteiger partial charge in [-0.25, -0.2) is 4.79 Å². The van der Waals surface area contributed by atoms with Crippen LogP contribution >= 0.6 is 11.6 Å². The second-order valence-electron chi connectivity index (χ2n) is 5.55. The van der Waals surface area contributed by atoms with E-state index >= 15 is 0 Å². The van der Waals surface area contributed by atoms with Gasteiger partial charge < -0.3 is 0 Å². The molecule has 2 heterocycles. The van der Waals surface area contributed by atoms with Crippen molar-refractivity contribution in [2.24, 2.45) is 0 Å². The van der Waals surface area contributed by atoms with Crippen LogP contribution in [0.5, 0.6) is 0 Å². The zero-order valence-electron chi connectivity index (χ0n) is 12.0. The number of rotatable bonds is 2. The molecule has 0 N–H and O–H groups in total. The number of hydrogen-bond donors (Lipinski definition) is 0. The van der Waals surface area contributed by atoms with Crippen LogP contribution < -0.4 is 4.90 Å². The molecule has 0 radical (unpaired) electrons. The number of amides is 2. The lowest BCUT2D eigenvalue weighted by molar-refractivity contribution is 0.0728. The molecule has 4 nitrogen and oxygen atoms in total. The highest BCUT2D eigenvalue weighted by Gasteiger charge is 2.47. The SMILES string of the molecule is O=C1N(c2ccc(Cl)cc2)[C@H](c2ccccc2)N2CCCN12. The molecular weight excluding hydrogens is 298 g/mol. The van der Waals surface area contributed by atoms with Gasteiger partial charge in [-0.2, -0.15) is 5.01 Å². The molecule has 2 amide bonds. The van der Waals surface area contributed by atoms with Crippen LogP contribution in [0, 0.1) is 0 Å². The molecule has 2 fully saturated rings. The number of carbonyl (C=O) groups is 1. The lowest BCUT2D eigenvalue weighted by Gasteiger charge is -2.27. The summed E-state index contributed by atoms with van der Waals surface area (Å²) in [4.78, 5) is 14.7. The summed E-state index contributed by atoms with van der Waals surface area (Å²) in [7, 11) is 0. The van der Waals surface area contributed by atoms with Crippen molar-refractivity contribution < 1.29 is 4.79 Å². The minimum atomic E-state index is -0.0858. The summed E-state index contributed by atoms with van der Waals surface area (Å²) in [6.45, 7) is 1.68. The van der Waals surface area contributed by atoms with Crippen LogP contribution in [0.2, 0.25) is 5.02 Å². The summed E-state index contributed by atoms with van der Waals surface area (Å²) in [5.41, 5.74) is 1.99. The average molecular weight is 314 g/mol. The lowest BCUT2D eigenvalue weighted by Crippen LogP contribution is -2.32. The fraction of sp³-hybridized carbons (Fsp3) is 0.235. The van der Waals surface area contributed by atoms with E-state index in [1.165, 1.54) is 0 Å². The number of hydrazine groups is 1. The van der Waals surface area contributed by atoms with Crippen LogP contribution in [-0.4, -0.2) is 29.1 Å². The maximum atomic E-state index is 12.8. The predicted octanol–water partition coefficient (Wildman–Crippen LogP) is 3.90. The van der Waals surface area contributed by atoms with E-state index in [0.29, 0.717) is 5.02 Å². The van der Waals surface area contributed by atoms with Gasteiger partial charge in [0.15, 0.2) is 0 Å². The Hall–Kier alpha value is -2.04. The van der Waals surface area contributed by atoms with Crippen LogP contribution in [0.3, 0.4) is 0 Å². The molecule has 2 saturated heterocycles. The first-order chi connectivity index (χ1) is 10.8. The standard InChI is InChI=1S/C17H16ClN3O/c18-14-7-9-15(10-8-14)21-16(13-5-2-1-3-6-13)19-11-4-12-20(19)17(21)22/h1-3,5-10,16H,4,11-12H2/t16-/m1/s1. The number of halogens is 1. The molecule has 22 heavy (non-hydrogen) atoms. The third-order valence-electron chi connectivity index (χ3n) is 4.22. The lowest BCUT2D eigenvalue weighted by atomic mass is 10.1. The molecule has 2 aliphatic rings. The van der Waals surface area contributed by atoms with Gasteiger partial charge in [-0.05, 0) is 36.2 Å². The number of urea groups is 1. The van der Waals surface area contributed by atoms with Crippen molar-refractivity contribution in [2.45, 2.75) is 12.6 Å². The third kappa shape index (κ3) is 2.07. The highest BCUT2D eigenvalue weighted by molar-refractivity contribution is 6.30. The van der Waals surface area contributed by atoms with Crippen molar-refractivity contribution >= 4 is 23.3 Å². The fourth-order valence-corrected chi connectivity index (χ4v) is 3.38. The Morgan fingerprint density at radius 3 is 2.41 bits per heavy atom. The summed E-state index contributed by atoms with van der Waals surface area (Å²) in [6.07, 6.45) is 0.932. The number of carbonyl (C=O) groups excluding carboxylic acids is 1. The van der Waals surface area contributed by atoms with Crippen molar-refractivity contribution in [2.75, 3.05) is 18.0 Å². The predicted molar refractivity (Wildman–Crippen MR) is 86.5 cm³/mol. The van der Waals surface area contributed by atoms with Crippen molar-refractivity contribution in [1.82, 2.24) is 10.0 Å². The van der Waals surface area contributed by atoms with Gasteiger partial charge in [0.2, 0.25) is 0 Å². The maximum Gasteiger partial charge on any atom is 0.340 e. The largest absolute Gasteiger partial charge is 0.340 e. The Labute approximate surface area is 134 Å². The Balaban J connectivity index is 1.80. The highest BCUT2D eigenvalue weighted by atomic mass is 35.5. The molecule has 0 saturated carbocycles. The normalized spacial score (nSPS) is 21.5. The van der Waals surface area contributed by atoms with Crippen molar-refractivity contribution in [3.63, 3.8) is 0 Å². The number of hydrogen-bond acceptors (Lipinski definition) is 2. The maximum absolute atomic E-state index is 12.8. The van der Waals surface area contributed by atoms with Gasteiger partial charge in [-0.1, -0.05) is 41.9 Å². The fourth-order valence-electron chi connectivity index (χ4n) is 3.25. The molecule has 0 unspecified atom stereocenters. The van der Waals surface area contributed by atoms with Gasteiger partial charge >= 0.3 is 6.03 Å². The average Bonchev–Trinajstić information content (AvgIpc) is 3.12. The molecule has 0 spiro atoms. The van der Waals surface area contributed by atoms with E-state index in [1.807, 2.05) is 52.4 Å². The van der Waals surface area contributed by atoms with E-state index in [-0.39, 0.29) is 12.2 Å². The van der Waals surface area contributed by atoms with Gasteiger partial charge in [0.05, 0.1) is 0 Å². The Morgan fingerprint density at radius 1 is 0.955 bits per heavy atom. The minimum Gasteiger partial charge on any atom is -0.271 e. The Morgan fingerprint density at radius 2 is 1.68 bits per heavy atom. The number of benzene rings is 2. The molecule has 2 aliphatic heterocycles. The van der Waals surface area contributed by atoms with E-state index in [9.17, 15) is 4.79 Å². The molecule has 0 aliphatic carbocycles. The minimum absolute atomic E-state index is 0.0358.